The van der Waals surface area contributed by atoms with E-state index in [2.05, 4.69) is 39.0 Å². The minimum atomic E-state index is 0.783. The molecule has 4 rings (SSSR count). The van der Waals surface area contributed by atoms with Crippen LogP contribution >= 0.6 is 0 Å². The van der Waals surface area contributed by atoms with E-state index in [1.807, 2.05) is 4.90 Å². The molecule has 0 unspecified atom stereocenters. The van der Waals surface area contributed by atoms with Crippen LogP contribution < -0.4 is 9.64 Å². The first-order chi connectivity index (χ1) is 12.2. The van der Waals surface area contributed by atoms with Crippen LogP contribution in [0.2, 0.25) is 0 Å². The number of amides is 1. The zero-order chi connectivity index (χ0) is 17.6. The highest BCUT2D eigenvalue weighted by molar-refractivity contribution is 5.88. The number of aryl methyl sites for hydroxylation is 1. The van der Waals surface area contributed by atoms with E-state index in [1.165, 1.54) is 38.9 Å². The van der Waals surface area contributed by atoms with Crippen LogP contribution in [0.15, 0.2) is 18.2 Å². The molecule has 0 fully saturated rings. The molecule has 0 saturated heterocycles. The third-order valence-corrected chi connectivity index (χ3v) is 5.79. The Balaban J connectivity index is 1.98. The van der Waals surface area contributed by atoms with Gasteiger partial charge < -0.3 is 9.64 Å². The van der Waals surface area contributed by atoms with E-state index in [0.29, 0.717) is 0 Å². The van der Waals surface area contributed by atoms with Gasteiger partial charge in [0, 0.05) is 12.2 Å². The quantitative estimate of drug-likeness (QED) is 0.779. The van der Waals surface area contributed by atoms with Gasteiger partial charge in [0.05, 0.1) is 6.61 Å². The van der Waals surface area contributed by atoms with Gasteiger partial charge in [0.2, 0.25) is 6.41 Å². The van der Waals surface area contributed by atoms with Crippen molar-refractivity contribution in [3.05, 3.63) is 46.0 Å². The molecule has 0 radical (unpaired) electrons. The van der Waals surface area contributed by atoms with Crippen LogP contribution in [0.1, 0.15) is 41.2 Å². The molecule has 2 aromatic carbocycles. The minimum Gasteiger partial charge on any atom is -0.493 e. The Kier molecular flexibility index (Phi) is 4.03. The van der Waals surface area contributed by atoms with E-state index in [1.54, 1.807) is 0 Å². The fourth-order valence-corrected chi connectivity index (χ4v) is 4.52. The Morgan fingerprint density at radius 1 is 1.20 bits per heavy atom. The van der Waals surface area contributed by atoms with Gasteiger partial charge in [0.1, 0.15) is 5.75 Å². The molecule has 2 aromatic rings. The summed E-state index contributed by atoms with van der Waals surface area (Å²) in [6, 6.07) is 6.55. The molecule has 2 heterocycles. The van der Waals surface area contributed by atoms with E-state index < -0.39 is 0 Å². The van der Waals surface area contributed by atoms with Crippen molar-refractivity contribution in [3.8, 4) is 16.9 Å². The lowest BCUT2D eigenvalue weighted by molar-refractivity contribution is -0.107. The summed E-state index contributed by atoms with van der Waals surface area (Å²) in [5.74, 6) is 1.05. The number of nitrogens with zero attached hydrogens (tertiary/aromatic N) is 1. The largest absolute Gasteiger partial charge is 0.493 e. The molecule has 2 aliphatic rings. The highest BCUT2D eigenvalue weighted by Gasteiger charge is 2.27. The van der Waals surface area contributed by atoms with Gasteiger partial charge in [0.25, 0.3) is 0 Å². The topological polar surface area (TPSA) is 29.5 Å². The summed E-state index contributed by atoms with van der Waals surface area (Å²) in [7, 11) is 0. The van der Waals surface area contributed by atoms with Crippen LogP contribution in [0.5, 0.6) is 5.75 Å². The number of carbonyl (C=O) groups is 1. The van der Waals surface area contributed by atoms with Crippen molar-refractivity contribution in [2.75, 3.05) is 18.1 Å². The summed E-state index contributed by atoms with van der Waals surface area (Å²) in [6.07, 6.45) is 5.08. The fraction of sp³-hybridized carbons (Fsp3) is 0.409. The average molecular weight is 335 g/mol. The maximum atomic E-state index is 11.5. The predicted octanol–water partition coefficient (Wildman–Crippen LogP) is 4.38. The SMILES string of the molecule is CCc1c(C)cc2c(c1-c1ccc3c(c1C)CCCO3)CCN2C=O. The lowest BCUT2D eigenvalue weighted by Crippen LogP contribution is -2.17. The Labute approximate surface area is 149 Å². The Morgan fingerprint density at radius 3 is 2.80 bits per heavy atom. The molecule has 1 amide bonds. The molecule has 3 nitrogen and oxygen atoms in total. The monoisotopic (exact) mass is 335 g/mol. The molecule has 25 heavy (non-hydrogen) atoms. The highest BCUT2D eigenvalue weighted by atomic mass is 16.5. The second-order valence-electron chi connectivity index (χ2n) is 7.11. The van der Waals surface area contributed by atoms with E-state index in [4.69, 9.17) is 4.74 Å². The van der Waals surface area contributed by atoms with Crippen LogP contribution in [0.25, 0.3) is 11.1 Å². The van der Waals surface area contributed by atoms with E-state index in [-0.39, 0.29) is 0 Å². The first-order valence-electron chi connectivity index (χ1n) is 9.28. The zero-order valence-electron chi connectivity index (χ0n) is 15.3. The summed E-state index contributed by atoms with van der Waals surface area (Å²) in [6.45, 7) is 8.22. The number of carbonyl (C=O) groups excluding carboxylic acids is 1. The number of hydrogen-bond acceptors (Lipinski definition) is 2. The number of fused-ring (bicyclic) bond motifs is 2. The standard InChI is InChI=1S/C22H25NO2/c1-4-16-14(2)12-20-19(9-10-23(20)13-24)22(16)18-7-8-21-17(15(18)3)6-5-11-25-21/h7-8,12-13H,4-6,9-11H2,1-3H3. The Morgan fingerprint density at radius 2 is 2.04 bits per heavy atom. The first kappa shape index (κ1) is 16.2. The molecule has 0 bridgehead atoms. The number of rotatable bonds is 3. The highest BCUT2D eigenvalue weighted by Crippen LogP contribution is 2.43. The van der Waals surface area contributed by atoms with E-state index in [0.717, 1.165) is 56.7 Å². The van der Waals surface area contributed by atoms with Gasteiger partial charge in [-0.15, -0.1) is 0 Å². The van der Waals surface area contributed by atoms with Crippen molar-refractivity contribution >= 4 is 12.1 Å². The number of benzene rings is 2. The van der Waals surface area contributed by atoms with Crippen LogP contribution in [0, 0.1) is 13.8 Å². The number of ether oxygens (including phenoxy) is 1. The van der Waals surface area contributed by atoms with Gasteiger partial charge in [-0.2, -0.15) is 0 Å². The number of hydrogen-bond donors (Lipinski definition) is 0. The van der Waals surface area contributed by atoms with Crippen molar-refractivity contribution in [2.24, 2.45) is 0 Å². The molecular formula is C22H25NO2. The molecule has 0 aliphatic carbocycles. The summed E-state index contributed by atoms with van der Waals surface area (Å²) >= 11 is 0. The maximum absolute atomic E-state index is 11.5. The number of anilines is 1. The molecular weight excluding hydrogens is 310 g/mol. The zero-order valence-corrected chi connectivity index (χ0v) is 15.3. The van der Waals surface area contributed by atoms with Crippen molar-refractivity contribution in [3.63, 3.8) is 0 Å². The van der Waals surface area contributed by atoms with Crippen molar-refractivity contribution in [2.45, 2.75) is 46.5 Å². The fourth-order valence-electron chi connectivity index (χ4n) is 4.52. The minimum absolute atomic E-state index is 0.783. The van der Waals surface area contributed by atoms with Crippen LogP contribution in [-0.2, 0) is 24.1 Å². The normalized spacial score (nSPS) is 15.6. The van der Waals surface area contributed by atoms with E-state index in [9.17, 15) is 4.79 Å². The van der Waals surface area contributed by atoms with Crippen molar-refractivity contribution in [1.29, 1.82) is 0 Å². The molecule has 0 N–H and O–H groups in total. The molecule has 130 valence electrons. The summed E-state index contributed by atoms with van der Waals surface area (Å²) in [5.41, 5.74) is 10.5. The average Bonchev–Trinajstić information content (AvgIpc) is 3.04. The van der Waals surface area contributed by atoms with Gasteiger partial charge in [-0.05, 0) is 90.6 Å². The van der Waals surface area contributed by atoms with Gasteiger partial charge in [-0.25, -0.2) is 0 Å². The lowest BCUT2D eigenvalue weighted by atomic mass is 9.84. The van der Waals surface area contributed by atoms with E-state index >= 15 is 0 Å². The van der Waals surface area contributed by atoms with Crippen LogP contribution in [0.3, 0.4) is 0 Å². The molecule has 0 atom stereocenters. The molecule has 0 aromatic heterocycles. The lowest BCUT2D eigenvalue weighted by Gasteiger charge is -2.24. The third-order valence-electron chi connectivity index (χ3n) is 5.79. The second-order valence-corrected chi connectivity index (χ2v) is 7.11. The van der Waals surface area contributed by atoms with Gasteiger partial charge >= 0.3 is 0 Å². The predicted molar refractivity (Wildman–Crippen MR) is 102 cm³/mol. The maximum Gasteiger partial charge on any atom is 0.214 e. The molecule has 0 spiro atoms. The van der Waals surface area contributed by atoms with Gasteiger partial charge in [-0.3, -0.25) is 4.79 Å². The molecule has 2 aliphatic heterocycles. The first-order valence-corrected chi connectivity index (χ1v) is 9.28. The smallest absolute Gasteiger partial charge is 0.214 e. The van der Waals surface area contributed by atoms with Gasteiger partial charge in [-0.1, -0.05) is 13.0 Å². The van der Waals surface area contributed by atoms with Crippen LogP contribution in [-0.4, -0.2) is 19.6 Å². The second kappa shape index (κ2) is 6.21. The van der Waals surface area contributed by atoms with Crippen LogP contribution in [0.4, 0.5) is 5.69 Å². The Bertz CT molecular complexity index is 854. The van der Waals surface area contributed by atoms with Gasteiger partial charge in [0.15, 0.2) is 0 Å². The molecule has 3 heteroatoms. The molecule has 0 saturated carbocycles. The van der Waals surface area contributed by atoms with Crippen molar-refractivity contribution < 1.29 is 9.53 Å². The van der Waals surface area contributed by atoms with Crippen molar-refractivity contribution in [1.82, 2.24) is 0 Å². The summed E-state index contributed by atoms with van der Waals surface area (Å²) in [5, 5.41) is 0. The summed E-state index contributed by atoms with van der Waals surface area (Å²) in [4.78, 5) is 13.3. The Hall–Kier alpha value is -2.29. The third kappa shape index (κ3) is 2.45. The summed E-state index contributed by atoms with van der Waals surface area (Å²) < 4.78 is 5.85.